The van der Waals surface area contributed by atoms with Gasteiger partial charge in [0.2, 0.25) is 5.91 Å². The van der Waals surface area contributed by atoms with Gasteiger partial charge >= 0.3 is 0 Å². The van der Waals surface area contributed by atoms with E-state index >= 15 is 0 Å². The third-order valence-electron chi connectivity index (χ3n) is 2.85. The Kier molecular flexibility index (Phi) is 9.00. The molecule has 0 fully saturated rings. The molecule has 19 heavy (non-hydrogen) atoms. The molecule has 0 spiro atoms. The van der Waals surface area contributed by atoms with E-state index < -0.39 is 0 Å². The third kappa shape index (κ3) is 6.45. The molecular formula is C14H23ClN2O2. The smallest absolute Gasteiger partial charge is 0.220 e. The number of methoxy groups -OCH3 is 1. The predicted molar refractivity (Wildman–Crippen MR) is 80.2 cm³/mol. The van der Waals surface area contributed by atoms with Crippen LogP contribution in [0, 0.1) is 0 Å². The van der Waals surface area contributed by atoms with Crippen LogP contribution in [0.5, 0.6) is 5.75 Å². The van der Waals surface area contributed by atoms with Crippen LogP contribution in [0.2, 0.25) is 0 Å². The monoisotopic (exact) mass is 286 g/mol. The molecule has 0 bridgehead atoms. The van der Waals surface area contributed by atoms with Crippen molar-refractivity contribution in [2.75, 3.05) is 27.2 Å². The molecule has 1 amide bonds. The van der Waals surface area contributed by atoms with Gasteiger partial charge in [-0.2, -0.15) is 0 Å². The quantitative estimate of drug-likeness (QED) is 0.753. The van der Waals surface area contributed by atoms with Crippen molar-refractivity contribution in [2.45, 2.75) is 19.3 Å². The molecule has 4 nitrogen and oxygen atoms in total. The fraction of sp³-hybridized carbons (Fsp3) is 0.500. The van der Waals surface area contributed by atoms with Crippen LogP contribution in [0.4, 0.5) is 0 Å². The normalized spacial score (nSPS) is 11.3. The molecule has 1 aromatic carbocycles. The largest absolute Gasteiger partial charge is 0.497 e. The minimum Gasteiger partial charge on any atom is -0.497 e. The average molecular weight is 287 g/mol. The number of hydrogen-bond acceptors (Lipinski definition) is 3. The number of carbonyl (C=O) groups excluding carboxylic acids is 1. The summed E-state index contributed by atoms with van der Waals surface area (Å²) < 4.78 is 5.18. The molecule has 1 unspecified atom stereocenters. The lowest BCUT2D eigenvalue weighted by atomic mass is 9.97. The fourth-order valence-corrected chi connectivity index (χ4v) is 1.74. The Bertz CT molecular complexity index is 385. The highest BCUT2D eigenvalue weighted by Crippen LogP contribution is 2.22. The zero-order valence-electron chi connectivity index (χ0n) is 11.7. The second-order valence-electron chi connectivity index (χ2n) is 4.34. The number of amides is 1. The number of halogens is 1. The molecule has 0 aromatic heterocycles. The second kappa shape index (κ2) is 9.64. The van der Waals surface area contributed by atoms with Crippen molar-refractivity contribution in [3.05, 3.63) is 29.8 Å². The second-order valence-corrected chi connectivity index (χ2v) is 4.34. The molecule has 1 rings (SSSR count). The average Bonchev–Trinajstić information content (AvgIpc) is 2.39. The number of hydrogen-bond donors (Lipinski definition) is 2. The standard InChI is InChI=1S/C14H22N2O2.ClH/c1-11(9-14(17)16-8-7-15-2)12-5-4-6-13(10-12)18-3;/h4-6,10-11,15H,7-9H2,1-3H3,(H,16,17);1H. The molecule has 5 heteroatoms. The summed E-state index contributed by atoms with van der Waals surface area (Å²) in [7, 11) is 3.51. The summed E-state index contributed by atoms with van der Waals surface area (Å²) in [5.74, 6) is 1.10. The van der Waals surface area contributed by atoms with Crippen LogP contribution >= 0.6 is 12.4 Å². The molecular weight excluding hydrogens is 264 g/mol. The summed E-state index contributed by atoms with van der Waals surface area (Å²) in [5, 5.41) is 5.87. The Hall–Kier alpha value is -1.26. The Morgan fingerprint density at radius 1 is 1.37 bits per heavy atom. The van der Waals surface area contributed by atoms with Crippen LogP contribution in [0.25, 0.3) is 0 Å². The SMILES string of the molecule is CNCCNC(=O)CC(C)c1cccc(OC)c1.Cl. The molecule has 0 radical (unpaired) electrons. The van der Waals surface area contributed by atoms with Crippen molar-refractivity contribution in [3.8, 4) is 5.75 Å². The van der Waals surface area contributed by atoms with Crippen LogP contribution in [-0.2, 0) is 4.79 Å². The number of rotatable bonds is 7. The van der Waals surface area contributed by atoms with Crippen LogP contribution in [0.3, 0.4) is 0 Å². The van der Waals surface area contributed by atoms with Crippen molar-refractivity contribution in [3.63, 3.8) is 0 Å². The van der Waals surface area contributed by atoms with Crippen LogP contribution < -0.4 is 15.4 Å². The third-order valence-corrected chi connectivity index (χ3v) is 2.85. The van der Waals surface area contributed by atoms with Crippen LogP contribution in [0.1, 0.15) is 24.8 Å². The highest BCUT2D eigenvalue weighted by molar-refractivity contribution is 5.85. The first kappa shape index (κ1) is 17.7. The number of ether oxygens (including phenoxy) is 1. The van der Waals surface area contributed by atoms with E-state index in [2.05, 4.69) is 10.6 Å². The molecule has 0 aliphatic carbocycles. The van der Waals surface area contributed by atoms with Gasteiger partial charge < -0.3 is 15.4 Å². The van der Waals surface area contributed by atoms with Crippen LogP contribution in [0.15, 0.2) is 24.3 Å². The Morgan fingerprint density at radius 2 is 2.11 bits per heavy atom. The summed E-state index contributed by atoms with van der Waals surface area (Å²) in [5.41, 5.74) is 1.12. The van der Waals surface area contributed by atoms with E-state index in [1.807, 2.05) is 38.2 Å². The number of benzene rings is 1. The lowest BCUT2D eigenvalue weighted by molar-refractivity contribution is -0.121. The molecule has 0 aliphatic rings. The topological polar surface area (TPSA) is 50.4 Å². The molecule has 1 atom stereocenters. The number of carbonyl (C=O) groups is 1. The maximum atomic E-state index is 11.7. The number of likely N-dealkylation sites (N-methyl/N-ethyl adjacent to an activating group) is 1. The predicted octanol–water partition coefficient (Wildman–Crippen LogP) is 1.95. The van der Waals surface area contributed by atoms with Crippen molar-refractivity contribution < 1.29 is 9.53 Å². The Morgan fingerprint density at radius 3 is 2.74 bits per heavy atom. The zero-order chi connectivity index (χ0) is 13.4. The van der Waals surface area contributed by atoms with E-state index in [0.717, 1.165) is 17.9 Å². The summed E-state index contributed by atoms with van der Waals surface area (Å²) in [4.78, 5) is 11.7. The van der Waals surface area contributed by atoms with Gasteiger partial charge in [-0.15, -0.1) is 12.4 Å². The first-order valence-corrected chi connectivity index (χ1v) is 6.22. The van der Waals surface area contributed by atoms with E-state index in [9.17, 15) is 4.79 Å². The fourth-order valence-electron chi connectivity index (χ4n) is 1.74. The zero-order valence-corrected chi connectivity index (χ0v) is 12.5. The van der Waals surface area contributed by atoms with Crippen molar-refractivity contribution in [1.82, 2.24) is 10.6 Å². The molecule has 1 aromatic rings. The minimum absolute atomic E-state index is 0. The summed E-state index contributed by atoms with van der Waals surface area (Å²) in [6.07, 6.45) is 0.497. The van der Waals surface area contributed by atoms with E-state index in [4.69, 9.17) is 4.74 Å². The summed E-state index contributed by atoms with van der Waals surface area (Å²) >= 11 is 0. The van der Waals surface area contributed by atoms with E-state index in [1.165, 1.54) is 0 Å². The van der Waals surface area contributed by atoms with Gasteiger partial charge in [0.1, 0.15) is 5.75 Å². The van der Waals surface area contributed by atoms with Crippen LogP contribution in [-0.4, -0.2) is 33.2 Å². The van der Waals surface area contributed by atoms with Gasteiger partial charge in [0.25, 0.3) is 0 Å². The summed E-state index contributed by atoms with van der Waals surface area (Å²) in [6, 6.07) is 7.85. The first-order chi connectivity index (χ1) is 8.67. The molecule has 0 aliphatic heterocycles. The van der Waals surface area contributed by atoms with Crippen molar-refractivity contribution in [2.24, 2.45) is 0 Å². The van der Waals surface area contributed by atoms with Gasteiger partial charge in [-0.05, 0) is 30.7 Å². The van der Waals surface area contributed by atoms with Gasteiger partial charge in [0.05, 0.1) is 7.11 Å². The van der Waals surface area contributed by atoms with E-state index in [0.29, 0.717) is 13.0 Å². The van der Waals surface area contributed by atoms with Gasteiger partial charge in [-0.1, -0.05) is 19.1 Å². The minimum atomic E-state index is 0. The van der Waals surface area contributed by atoms with E-state index in [-0.39, 0.29) is 24.2 Å². The molecule has 108 valence electrons. The Balaban J connectivity index is 0.00000324. The van der Waals surface area contributed by atoms with Crippen molar-refractivity contribution in [1.29, 1.82) is 0 Å². The number of nitrogens with one attached hydrogen (secondary N) is 2. The summed E-state index contributed by atoms with van der Waals surface area (Å²) in [6.45, 7) is 3.51. The maximum absolute atomic E-state index is 11.7. The van der Waals surface area contributed by atoms with Crippen molar-refractivity contribution >= 4 is 18.3 Å². The van der Waals surface area contributed by atoms with Gasteiger partial charge in [0.15, 0.2) is 0 Å². The van der Waals surface area contributed by atoms with Gasteiger partial charge in [-0.25, -0.2) is 0 Å². The molecule has 0 heterocycles. The van der Waals surface area contributed by atoms with Gasteiger partial charge in [-0.3, -0.25) is 4.79 Å². The van der Waals surface area contributed by atoms with Gasteiger partial charge in [0, 0.05) is 19.5 Å². The highest BCUT2D eigenvalue weighted by atomic mass is 35.5. The highest BCUT2D eigenvalue weighted by Gasteiger charge is 2.11. The molecule has 2 N–H and O–H groups in total. The molecule has 0 saturated carbocycles. The maximum Gasteiger partial charge on any atom is 0.220 e. The molecule has 0 saturated heterocycles. The lowest BCUT2D eigenvalue weighted by Crippen LogP contribution is -2.31. The van der Waals surface area contributed by atoms with E-state index in [1.54, 1.807) is 7.11 Å². The lowest BCUT2D eigenvalue weighted by Gasteiger charge is -2.13. The Labute approximate surface area is 121 Å². The first-order valence-electron chi connectivity index (χ1n) is 6.22.